The second-order valence-corrected chi connectivity index (χ2v) is 6.35. The minimum atomic E-state index is -0.909. The molecule has 8 heteroatoms. The van der Waals surface area contributed by atoms with Crippen LogP contribution in [0, 0.1) is 11.6 Å². The van der Waals surface area contributed by atoms with Gasteiger partial charge in [-0.1, -0.05) is 12.1 Å². The van der Waals surface area contributed by atoms with Gasteiger partial charge in [0.15, 0.2) is 0 Å². The molecule has 1 heterocycles. The fraction of sp³-hybridized carbons (Fsp3) is 0.0952. The van der Waals surface area contributed by atoms with E-state index in [0.29, 0.717) is 5.69 Å². The summed E-state index contributed by atoms with van der Waals surface area (Å²) in [7, 11) is 3.81. The Bertz CT molecular complexity index is 1030. The van der Waals surface area contributed by atoms with Crippen LogP contribution in [0.1, 0.15) is 21.0 Å². The van der Waals surface area contributed by atoms with Crippen molar-refractivity contribution in [1.82, 2.24) is 4.98 Å². The highest BCUT2D eigenvalue weighted by atomic mass is 19.1. The molecule has 6 nitrogen and oxygen atoms in total. The Morgan fingerprint density at radius 2 is 1.31 bits per heavy atom. The number of halogens is 2. The van der Waals surface area contributed by atoms with E-state index in [4.69, 9.17) is 0 Å². The minimum Gasteiger partial charge on any atom is -0.378 e. The van der Waals surface area contributed by atoms with Crippen molar-refractivity contribution < 1.29 is 18.4 Å². The zero-order valence-electron chi connectivity index (χ0n) is 15.7. The maximum Gasteiger partial charge on any atom is 0.274 e. The molecule has 0 saturated carbocycles. The highest BCUT2D eigenvalue weighted by Crippen LogP contribution is 2.19. The van der Waals surface area contributed by atoms with E-state index in [1.54, 1.807) is 12.1 Å². The molecule has 0 saturated heterocycles. The number of anilines is 3. The number of nitrogens with zero attached hydrogens (tertiary/aromatic N) is 2. The Morgan fingerprint density at radius 3 is 1.86 bits per heavy atom. The normalized spacial score (nSPS) is 10.3. The maximum absolute atomic E-state index is 13.7. The summed E-state index contributed by atoms with van der Waals surface area (Å²) in [5.74, 6) is -3.17. The average Bonchev–Trinajstić information content (AvgIpc) is 2.71. The average molecular weight is 396 g/mol. The van der Waals surface area contributed by atoms with Crippen molar-refractivity contribution in [2.45, 2.75) is 0 Å². The Hall–Kier alpha value is -3.81. The Morgan fingerprint density at radius 1 is 0.793 bits per heavy atom. The topological polar surface area (TPSA) is 74.3 Å². The predicted molar refractivity (Wildman–Crippen MR) is 107 cm³/mol. The van der Waals surface area contributed by atoms with Gasteiger partial charge < -0.3 is 15.5 Å². The maximum atomic E-state index is 13.7. The Labute approximate surface area is 166 Å². The van der Waals surface area contributed by atoms with Crippen LogP contribution < -0.4 is 15.5 Å². The highest BCUT2D eigenvalue weighted by molar-refractivity contribution is 6.06. The largest absolute Gasteiger partial charge is 0.378 e. The number of para-hydroxylation sites is 1. The molecule has 148 valence electrons. The summed E-state index contributed by atoms with van der Waals surface area (Å²) in [6, 6.07) is 14.6. The lowest BCUT2D eigenvalue weighted by Gasteiger charge is -2.13. The van der Waals surface area contributed by atoms with E-state index in [-0.39, 0.29) is 11.4 Å². The molecule has 0 bridgehead atoms. The molecule has 0 radical (unpaired) electrons. The molecule has 29 heavy (non-hydrogen) atoms. The number of amides is 2. The van der Waals surface area contributed by atoms with Crippen molar-refractivity contribution in [1.29, 1.82) is 0 Å². The van der Waals surface area contributed by atoms with Gasteiger partial charge in [0.05, 0.1) is 0 Å². The van der Waals surface area contributed by atoms with Crippen molar-refractivity contribution in [3.8, 4) is 0 Å². The number of nitrogens with one attached hydrogen (secondary N) is 2. The standard InChI is InChI=1S/C21H18F2N4O2/c1-27(2)14-11-9-13(10-12-14)24-20(28)17-7-4-8-18(25-17)21(29)26-19-15(22)5-3-6-16(19)23/h3-12H,1-2H3,(H,24,28)(H,26,29). The first-order valence-electron chi connectivity index (χ1n) is 8.66. The van der Waals surface area contributed by atoms with Crippen molar-refractivity contribution in [3.63, 3.8) is 0 Å². The van der Waals surface area contributed by atoms with Gasteiger partial charge in [-0.15, -0.1) is 0 Å². The van der Waals surface area contributed by atoms with Crippen molar-refractivity contribution >= 4 is 28.9 Å². The van der Waals surface area contributed by atoms with Gasteiger partial charge in [0, 0.05) is 25.5 Å². The van der Waals surface area contributed by atoms with Crippen LogP contribution in [0.25, 0.3) is 0 Å². The molecule has 0 aliphatic heterocycles. The van der Waals surface area contributed by atoms with Crippen LogP contribution >= 0.6 is 0 Å². The van der Waals surface area contributed by atoms with Gasteiger partial charge in [0.25, 0.3) is 11.8 Å². The van der Waals surface area contributed by atoms with Crippen LogP contribution in [-0.2, 0) is 0 Å². The third-order valence-corrected chi connectivity index (χ3v) is 4.06. The third kappa shape index (κ3) is 4.73. The van der Waals surface area contributed by atoms with E-state index in [9.17, 15) is 18.4 Å². The molecule has 0 aliphatic rings. The van der Waals surface area contributed by atoms with E-state index in [0.717, 1.165) is 17.8 Å². The number of hydrogen-bond acceptors (Lipinski definition) is 4. The number of benzene rings is 2. The molecular weight excluding hydrogens is 378 g/mol. The van der Waals surface area contributed by atoms with Gasteiger partial charge in [-0.3, -0.25) is 9.59 Å². The molecule has 0 atom stereocenters. The number of carbonyl (C=O) groups excluding carboxylic acids is 2. The molecule has 0 aliphatic carbocycles. The molecule has 2 amide bonds. The minimum absolute atomic E-state index is 0.0108. The summed E-state index contributed by atoms with van der Waals surface area (Å²) in [4.78, 5) is 30.7. The first kappa shape index (κ1) is 19.9. The summed E-state index contributed by atoms with van der Waals surface area (Å²) >= 11 is 0. The van der Waals surface area contributed by atoms with Crippen LogP contribution in [0.3, 0.4) is 0 Å². The Kier molecular flexibility index (Phi) is 5.82. The van der Waals surface area contributed by atoms with E-state index in [1.165, 1.54) is 24.3 Å². The van der Waals surface area contributed by atoms with Gasteiger partial charge in [-0.2, -0.15) is 0 Å². The van der Waals surface area contributed by atoms with E-state index < -0.39 is 29.1 Å². The molecule has 0 unspecified atom stereocenters. The summed E-state index contributed by atoms with van der Waals surface area (Å²) < 4.78 is 27.4. The zero-order chi connectivity index (χ0) is 21.0. The monoisotopic (exact) mass is 396 g/mol. The summed E-state index contributed by atoms with van der Waals surface area (Å²) in [5, 5.41) is 4.83. The molecule has 3 rings (SSSR count). The van der Waals surface area contributed by atoms with Gasteiger partial charge in [-0.05, 0) is 48.5 Å². The molecule has 0 spiro atoms. The summed E-state index contributed by atoms with van der Waals surface area (Å²) in [6.45, 7) is 0. The second kappa shape index (κ2) is 8.47. The number of pyridine rings is 1. The van der Waals surface area contributed by atoms with Crippen LogP contribution in [0.5, 0.6) is 0 Å². The van der Waals surface area contributed by atoms with Gasteiger partial charge in [0.2, 0.25) is 0 Å². The lowest BCUT2D eigenvalue weighted by Crippen LogP contribution is -2.19. The van der Waals surface area contributed by atoms with Crippen LogP contribution in [0.2, 0.25) is 0 Å². The van der Waals surface area contributed by atoms with E-state index in [1.807, 2.05) is 31.1 Å². The fourth-order valence-electron chi connectivity index (χ4n) is 2.52. The van der Waals surface area contributed by atoms with E-state index in [2.05, 4.69) is 15.6 Å². The number of hydrogen-bond donors (Lipinski definition) is 2. The highest BCUT2D eigenvalue weighted by Gasteiger charge is 2.16. The molecule has 0 fully saturated rings. The quantitative estimate of drug-likeness (QED) is 0.685. The summed E-state index contributed by atoms with van der Waals surface area (Å²) in [5.41, 5.74) is 0.799. The molecule has 2 aromatic carbocycles. The number of aromatic nitrogens is 1. The molecular formula is C21H18F2N4O2. The molecule has 2 N–H and O–H groups in total. The Balaban J connectivity index is 1.74. The smallest absolute Gasteiger partial charge is 0.274 e. The first-order valence-corrected chi connectivity index (χ1v) is 8.66. The van der Waals surface area contributed by atoms with Crippen LogP contribution in [0.15, 0.2) is 60.7 Å². The lowest BCUT2D eigenvalue weighted by atomic mass is 10.2. The number of rotatable bonds is 5. The van der Waals surface area contributed by atoms with Crippen LogP contribution in [-0.4, -0.2) is 30.9 Å². The predicted octanol–water partition coefficient (Wildman–Crippen LogP) is 3.93. The molecule has 1 aromatic heterocycles. The van der Waals surface area contributed by atoms with E-state index >= 15 is 0 Å². The van der Waals surface area contributed by atoms with Crippen LogP contribution in [0.4, 0.5) is 25.8 Å². The zero-order valence-corrected chi connectivity index (χ0v) is 15.7. The van der Waals surface area contributed by atoms with Gasteiger partial charge in [-0.25, -0.2) is 13.8 Å². The van der Waals surface area contributed by atoms with Gasteiger partial charge in [0.1, 0.15) is 28.7 Å². The SMILES string of the molecule is CN(C)c1ccc(NC(=O)c2cccc(C(=O)Nc3c(F)cccc3F)n2)cc1. The third-order valence-electron chi connectivity index (χ3n) is 4.06. The van der Waals surface area contributed by atoms with Gasteiger partial charge >= 0.3 is 0 Å². The lowest BCUT2D eigenvalue weighted by molar-refractivity contribution is 0.101. The second-order valence-electron chi connectivity index (χ2n) is 6.35. The van der Waals surface area contributed by atoms with Crippen molar-refractivity contribution in [2.75, 3.05) is 29.6 Å². The number of carbonyl (C=O) groups is 2. The van der Waals surface area contributed by atoms with Crippen molar-refractivity contribution in [2.24, 2.45) is 0 Å². The van der Waals surface area contributed by atoms with Crippen molar-refractivity contribution in [3.05, 3.63) is 83.7 Å². The molecule has 3 aromatic rings. The summed E-state index contributed by atoms with van der Waals surface area (Å²) in [6.07, 6.45) is 0. The fourth-order valence-corrected chi connectivity index (χ4v) is 2.52. The first-order chi connectivity index (χ1) is 13.8.